The summed E-state index contributed by atoms with van der Waals surface area (Å²) in [6.07, 6.45) is 1.75. The third-order valence-electron chi connectivity index (χ3n) is 5.15. The smallest absolute Gasteiger partial charge is 0.263 e. The molecule has 4 nitrogen and oxygen atoms in total. The van der Waals surface area contributed by atoms with Gasteiger partial charge in [-0.25, -0.2) is 0 Å². The van der Waals surface area contributed by atoms with E-state index >= 15 is 0 Å². The van der Waals surface area contributed by atoms with Crippen molar-refractivity contribution in [1.82, 2.24) is 9.55 Å². The first-order valence-electron chi connectivity index (χ1n) is 9.39. The number of pyridine rings is 2. The monoisotopic (exact) mass is 378 g/mol. The molecule has 0 bridgehead atoms. The molecule has 0 aliphatic rings. The molecule has 0 unspecified atom stereocenters. The van der Waals surface area contributed by atoms with Gasteiger partial charge in [-0.1, -0.05) is 48.5 Å². The van der Waals surface area contributed by atoms with E-state index in [2.05, 4.69) is 4.98 Å². The van der Waals surface area contributed by atoms with Crippen molar-refractivity contribution < 1.29 is 4.74 Å². The largest absolute Gasteiger partial charge is 0.497 e. The Morgan fingerprint density at radius 3 is 2.52 bits per heavy atom. The second-order valence-corrected chi connectivity index (χ2v) is 6.84. The van der Waals surface area contributed by atoms with Crippen molar-refractivity contribution in [3.8, 4) is 22.7 Å². The lowest BCUT2D eigenvalue weighted by Crippen LogP contribution is -2.20. The third kappa shape index (κ3) is 2.86. The van der Waals surface area contributed by atoms with Gasteiger partial charge in [0, 0.05) is 22.5 Å². The lowest BCUT2D eigenvalue weighted by atomic mass is 10.0. The van der Waals surface area contributed by atoms with Crippen LogP contribution in [0.2, 0.25) is 0 Å². The van der Waals surface area contributed by atoms with E-state index in [1.165, 1.54) is 0 Å². The number of rotatable bonds is 3. The molecule has 29 heavy (non-hydrogen) atoms. The van der Waals surface area contributed by atoms with Crippen LogP contribution in [0, 0.1) is 0 Å². The number of hydrogen-bond donors (Lipinski definition) is 0. The van der Waals surface area contributed by atoms with Gasteiger partial charge in [0.2, 0.25) is 0 Å². The van der Waals surface area contributed by atoms with Gasteiger partial charge in [0.05, 0.1) is 24.0 Å². The van der Waals surface area contributed by atoms with Crippen LogP contribution in [0.15, 0.2) is 95.9 Å². The van der Waals surface area contributed by atoms with Gasteiger partial charge in [0.25, 0.3) is 5.56 Å². The standard InChI is InChI=1S/C25H18N2O2/c1-29-20-11-4-9-19(15-20)23-16-18-7-2-3-12-21(18)25(28)27(23)22-13-5-8-17-10-6-14-26-24(17)22/h2-16H,1H3. The van der Waals surface area contributed by atoms with Crippen LogP contribution in [-0.2, 0) is 0 Å². The van der Waals surface area contributed by atoms with E-state index in [-0.39, 0.29) is 5.56 Å². The number of aromatic nitrogens is 2. The molecule has 2 aromatic heterocycles. The molecular weight excluding hydrogens is 360 g/mol. The average molecular weight is 378 g/mol. The summed E-state index contributed by atoms with van der Waals surface area (Å²) in [5.74, 6) is 0.741. The van der Waals surface area contributed by atoms with E-state index in [0.717, 1.165) is 39.0 Å². The zero-order chi connectivity index (χ0) is 19.8. The molecule has 0 N–H and O–H groups in total. The lowest BCUT2D eigenvalue weighted by Gasteiger charge is -2.17. The summed E-state index contributed by atoms with van der Waals surface area (Å²) in [5.41, 5.74) is 3.18. The van der Waals surface area contributed by atoms with Crippen LogP contribution in [0.4, 0.5) is 0 Å². The first kappa shape index (κ1) is 17.2. The number of benzene rings is 3. The van der Waals surface area contributed by atoms with Crippen LogP contribution in [0.3, 0.4) is 0 Å². The number of nitrogens with zero attached hydrogens (tertiary/aromatic N) is 2. The Balaban J connectivity index is 1.93. The number of fused-ring (bicyclic) bond motifs is 2. The zero-order valence-electron chi connectivity index (χ0n) is 15.9. The maximum atomic E-state index is 13.6. The molecule has 3 aromatic carbocycles. The average Bonchev–Trinajstić information content (AvgIpc) is 2.79. The predicted octanol–water partition coefficient (Wildman–Crippen LogP) is 5.21. The van der Waals surface area contributed by atoms with Crippen LogP contribution >= 0.6 is 0 Å². The fourth-order valence-corrected chi connectivity index (χ4v) is 3.76. The molecular formula is C25H18N2O2. The topological polar surface area (TPSA) is 44.1 Å². The van der Waals surface area contributed by atoms with Crippen LogP contribution in [0.1, 0.15) is 0 Å². The first-order chi connectivity index (χ1) is 14.3. The number of hydrogen-bond acceptors (Lipinski definition) is 3. The van der Waals surface area contributed by atoms with Gasteiger partial charge in [0.15, 0.2) is 0 Å². The van der Waals surface area contributed by atoms with E-state index in [4.69, 9.17) is 4.74 Å². The summed E-state index contributed by atoms with van der Waals surface area (Å²) >= 11 is 0. The highest BCUT2D eigenvalue weighted by Crippen LogP contribution is 2.29. The normalized spacial score (nSPS) is 11.1. The van der Waals surface area contributed by atoms with Gasteiger partial charge in [-0.2, -0.15) is 0 Å². The number of para-hydroxylation sites is 1. The summed E-state index contributed by atoms with van der Waals surface area (Å²) in [7, 11) is 1.64. The molecule has 0 saturated heterocycles. The molecule has 0 aliphatic carbocycles. The minimum Gasteiger partial charge on any atom is -0.497 e. The Labute approximate surface area is 167 Å². The van der Waals surface area contributed by atoms with Crippen LogP contribution in [0.25, 0.3) is 38.6 Å². The minimum atomic E-state index is -0.0703. The highest BCUT2D eigenvalue weighted by atomic mass is 16.5. The Morgan fingerprint density at radius 1 is 0.828 bits per heavy atom. The molecule has 0 fully saturated rings. The molecule has 140 valence electrons. The fourth-order valence-electron chi connectivity index (χ4n) is 3.76. The Hall–Kier alpha value is -3.92. The Kier molecular flexibility index (Phi) is 4.10. The molecule has 5 aromatic rings. The Morgan fingerprint density at radius 2 is 1.62 bits per heavy atom. The summed E-state index contributed by atoms with van der Waals surface area (Å²) in [6, 6.07) is 27.3. The van der Waals surface area contributed by atoms with Crippen molar-refractivity contribution in [2.24, 2.45) is 0 Å². The SMILES string of the molecule is COc1cccc(-c2cc3ccccc3c(=O)n2-c2cccc3cccnc23)c1. The molecule has 4 heteroatoms. The fraction of sp³-hybridized carbons (Fsp3) is 0.0400. The Bertz CT molecular complexity index is 1410. The third-order valence-corrected chi connectivity index (χ3v) is 5.15. The maximum Gasteiger partial charge on any atom is 0.263 e. The van der Waals surface area contributed by atoms with E-state index in [9.17, 15) is 4.79 Å². The molecule has 5 rings (SSSR count). The molecule has 0 amide bonds. The van der Waals surface area contributed by atoms with Crippen LogP contribution in [-0.4, -0.2) is 16.7 Å². The zero-order valence-corrected chi connectivity index (χ0v) is 15.9. The van der Waals surface area contributed by atoms with E-state index in [1.54, 1.807) is 17.9 Å². The molecule has 0 spiro atoms. The van der Waals surface area contributed by atoms with Crippen molar-refractivity contribution in [1.29, 1.82) is 0 Å². The molecule has 2 heterocycles. The van der Waals surface area contributed by atoms with Gasteiger partial charge in [0.1, 0.15) is 5.75 Å². The van der Waals surface area contributed by atoms with Crippen molar-refractivity contribution in [3.05, 3.63) is 101 Å². The van der Waals surface area contributed by atoms with Gasteiger partial charge >= 0.3 is 0 Å². The molecule has 0 saturated carbocycles. The van der Waals surface area contributed by atoms with Gasteiger partial charge < -0.3 is 4.74 Å². The lowest BCUT2D eigenvalue weighted by molar-refractivity contribution is 0.415. The first-order valence-corrected chi connectivity index (χ1v) is 9.39. The second kappa shape index (κ2) is 6.91. The van der Waals surface area contributed by atoms with Gasteiger partial charge in [-0.05, 0) is 41.8 Å². The van der Waals surface area contributed by atoms with E-state index in [1.807, 2.05) is 84.9 Å². The van der Waals surface area contributed by atoms with Crippen molar-refractivity contribution in [2.45, 2.75) is 0 Å². The predicted molar refractivity (Wildman–Crippen MR) is 117 cm³/mol. The molecule has 0 aliphatic heterocycles. The maximum absolute atomic E-state index is 13.6. The highest BCUT2D eigenvalue weighted by Gasteiger charge is 2.15. The van der Waals surface area contributed by atoms with Gasteiger partial charge in [-0.15, -0.1) is 0 Å². The van der Waals surface area contributed by atoms with Crippen molar-refractivity contribution >= 4 is 21.7 Å². The number of ether oxygens (including phenoxy) is 1. The summed E-state index contributed by atoms with van der Waals surface area (Å²) in [4.78, 5) is 18.2. The molecule has 0 radical (unpaired) electrons. The second-order valence-electron chi connectivity index (χ2n) is 6.84. The summed E-state index contributed by atoms with van der Waals surface area (Å²) < 4.78 is 7.17. The van der Waals surface area contributed by atoms with Crippen molar-refractivity contribution in [2.75, 3.05) is 7.11 Å². The minimum absolute atomic E-state index is 0.0703. The van der Waals surface area contributed by atoms with Crippen LogP contribution in [0.5, 0.6) is 5.75 Å². The van der Waals surface area contributed by atoms with Gasteiger partial charge in [-0.3, -0.25) is 14.3 Å². The van der Waals surface area contributed by atoms with Crippen molar-refractivity contribution in [3.63, 3.8) is 0 Å². The highest BCUT2D eigenvalue weighted by molar-refractivity contribution is 5.90. The van der Waals surface area contributed by atoms with E-state index < -0.39 is 0 Å². The number of methoxy groups -OCH3 is 1. The quantitative estimate of drug-likeness (QED) is 0.433. The summed E-state index contributed by atoms with van der Waals surface area (Å²) in [5, 5.41) is 2.56. The summed E-state index contributed by atoms with van der Waals surface area (Å²) in [6.45, 7) is 0. The van der Waals surface area contributed by atoms with Crippen LogP contribution < -0.4 is 10.3 Å². The van der Waals surface area contributed by atoms with E-state index in [0.29, 0.717) is 5.39 Å². The molecule has 0 atom stereocenters.